The van der Waals surface area contributed by atoms with E-state index >= 15 is 0 Å². The van der Waals surface area contributed by atoms with Gasteiger partial charge in [0.15, 0.2) is 0 Å². The quantitative estimate of drug-likeness (QED) is 0.742. The molecule has 2 nitrogen and oxygen atoms in total. The first kappa shape index (κ1) is 11.6. The molecule has 0 aromatic heterocycles. The maximum absolute atomic E-state index is 2.42. The first-order valence-electron chi connectivity index (χ1n) is 6.89. The molecule has 2 heteroatoms. The van der Waals surface area contributed by atoms with E-state index in [0.717, 1.165) is 0 Å². The first-order valence-corrected chi connectivity index (χ1v) is 6.89. The van der Waals surface area contributed by atoms with E-state index in [0.29, 0.717) is 12.1 Å². The van der Waals surface area contributed by atoms with Crippen LogP contribution in [0.3, 0.4) is 0 Å². The van der Waals surface area contributed by atoms with Crippen LogP contribution in [0.4, 0.5) is 11.4 Å². The lowest BCUT2D eigenvalue weighted by Crippen LogP contribution is -2.43. The van der Waals surface area contributed by atoms with Crippen molar-refractivity contribution in [3.05, 3.63) is 22.6 Å². The second kappa shape index (κ2) is 4.04. The van der Waals surface area contributed by atoms with Gasteiger partial charge in [0.25, 0.3) is 0 Å². The van der Waals surface area contributed by atoms with Crippen molar-refractivity contribution in [2.75, 3.05) is 23.9 Å². The molecule has 0 fully saturated rings. The number of hydrogen-bond acceptors (Lipinski definition) is 2. The van der Waals surface area contributed by atoms with E-state index in [4.69, 9.17) is 0 Å². The second-order valence-electron chi connectivity index (χ2n) is 5.83. The fraction of sp³-hybridized carbons (Fsp3) is 0.500. The summed E-state index contributed by atoms with van der Waals surface area (Å²) in [5.41, 5.74) is 2.75. The van der Waals surface area contributed by atoms with E-state index in [1.54, 1.807) is 0 Å². The Balaban J connectivity index is 2.19. The molecule has 0 unspecified atom stereocenters. The van der Waals surface area contributed by atoms with Crippen molar-refractivity contribution in [3.63, 3.8) is 0 Å². The predicted molar refractivity (Wildman–Crippen MR) is 79.3 cm³/mol. The minimum absolute atomic E-state index is 0.476. The smallest absolute Gasteiger partial charge is 0.103 e. The summed E-state index contributed by atoms with van der Waals surface area (Å²) >= 11 is 0. The van der Waals surface area contributed by atoms with Gasteiger partial charge in [-0.15, -0.1) is 0 Å². The van der Waals surface area contributed by atoms with E-state index in [2.05, 4.69) is 62.0 Å². The summed E-state index contributed by atoms with van der Waals surface area (Å²) in [5, 5.41) is 2.81. The zero-order valence-corrected chi connectivity index (χ0v) is 11.8. The lowest BCUT2D eigenvalue weighted by atomic mass is 10.1. The summed E-state index contributed by atoms with van der Waals surface area (Å²) in [6, 6.07) is 4.72. The summed E-state index contributed by atoms with van der Waals surface area (Å²) < 4.78 is 0. The summed E-state index contributed by atoms with van der Waals surface area (Å²) in [6.07, 6.45) is 7.57. The van der Waals surface area contributed by atoms with Crippen LogP contribution in [0, 0.1) is 5.92 Å². The van der Waals surface area contributed by atoms with Crippen molar-refractivity contribution in [1.29, 1.82) is 0 Å². The van der Waals surface area contributed by atoms with Gasteiger partial charge in [-0.3, -0.25) is 0 Å². The number of hydrogen-bond donors (Lipinski definition) is 0. The van der Waals surface area contributed by atoms with Crippen LogP contribution in [0.25, 0.3) is 12.2 Å². The fourth-order valence-corrected chi connectivity index (χ4v) is 3.44. The lowest BCUT2D eigenvalue weighted by molar-refractivity contribution is 0.484. The molecule has 0 N–H and O–H groups in total. The highest BCUT2D eigenvalue weighted by atomic mass is 15.4. The Labute approximate surface area is 109 Å². The van der Waals surface area contributed by atoms with E-state index in [1.807, 2.05) is 0 Å². The Bertz CT molecular complexity index is 537. The van der Waals surface area contributed by atoms with Gasteiger partial charge in [0, 0.05) is 14.1 Å². The van der Waals surface area contributed by atoms with Gasteiger partial charge in [-0.2, -0.15) is 0 Å². The van der Waals surface area contributed by atoms with Gasteiger partial charge in [-0.1, -0.05) is 26.0 Å². The van der Waals surface area contributed by atoms with Crippen LogP contribution in [0.15, 0.2) is 12.1 Å². The number of benzene rings is 1. The normalized spacial score (nSPS) is 18.5. The molecule has 1 aromatic carbocycles. The maximum Gasteiger partial charge on any atom is 0.103 e. The molecule has 0 spiro atoms. The van der Waals surface area contributed by atoms with Gasteiger partial charge >= 0.3 is 0 Å². The zero-order valence-electron chi connectivity index (χ0n) is 11.8. The lowest BCUT2D eigenvalue weighted by Gasteiger charge is -2.31. The SMILES string of the molecule is CC(C)C1N(C)c2cc3c(cc2N1C)=CCCC=3. The third-order valence-electron chi connectivity index (χ3n) is 4.23. The molecule has 1 aliphatic carbocycles. The van der Waals surface area contributed by atoms with Crippen molar-refractivity contribution in [3.8, 4) is 0 Å². The molecule has 2 aliphatic rings. The Morgan fingerprint density at radius 1 is 0.944 bits per heavy atom. The fourth-order valence-electron chi connectivity index (χ4n) is 3.44. The van der Waals surface area contributed by atoms with Gasteiger partial charge < -0.3 is 9.80 Å². The Morgan fingerprint density at radius 3 is 1.78 bits per heavy atom. The molecule has 3 rings (SSSR count). The largest absolute Gasteiger partial charge is 0.352 e. The molecule has 1 aliphatic heterocycles. The predicted octanol–water partition coefficient (Wildman–Crippen LogP) is 1.91. The number of nitrogens with zero attached hydrogens (tertiary/aromatic N) is 2. The van der Waals surface area contributed by atoms with Crippen LogP contribution in [-0.4, -0.2) is 20.3 Å². The summed E-state index contributed by atoms with van der Waals surface area (Å²) in [7, 11) is 4.43. The minimum atomic E-state index is 0.476. The highest BCUT2D eigenvalue weighted by Gasteiger charge is 2.33. The molecule has 0 atom stereocenters. The third-order valence-corrected chi connectivity index (χ3v) is 4.23. The monoisotopic (exact) mass is 242 g/mol. The van der Waals surface area contributed by atoms with Gasteiger partial charge in [0.05, 0.1) is 11.4 Å². The standard InChI is InChI=1S/C16H22N2/c1-11(2)16-17(3)14-9-12-7-5-6-8-13(12)10-15(14)18(16)4/h7-11,16H,5-6H2,1-4H3. The molecule has 0 saturated carbocycles. The molecule has 0 radical (unpaired) electrons. The van der Waals surface area contributed by atoms with E-state index in [9.17, 15) is 0 Å². The third kappa shape index (κ3) is 1.55. The highest BCUT2D eigenvalue weighted by molar-refractivity contribution is 5.77. The van der Waals surface area contributed by atoms with Crippen molar-refractivity contribution >= 4 is 23.5 Å². The van der Waals surface area contributed by atoms with Gasteiger partial charge in [-0.25, -0.2) is 0 Å². The van der Waals surface area contributed by atoms with E-state index < -0.39 is 0 Å². The number of anilines is 2. The average molecular weight is 242 g/mol. The summed E-state index contributed by atoms with van der Waals surface area (Å²) in [5.74, 6) is 0.623. The van der Waals surface area contributed by atoms with Crippen molar-refractivity contribution in [2.45, 2.75) is 32.9 Å². The topological polar surface area (TPSA) is 6.48 Å². The molecule has 0 amide bonds. The molecular weight excluding hydrogens is 220 g/mol. The summed E-state index contributed by atoms with van der Waals surface area (Å²) in [6.45, 7) is 4.59. The Morgan fingerprint density at radius 2 is 1.39 bits per heavy atom. The molecule has 0 saturated heterocycles. The van der Waals surface area contributed by atoms with Gasteiger partial charge in [-0.05, 0) is 41.3 Å². The van der Waals surface area contributed by atoms with Crippen molar-refractivity contribution < 1.29 is 0 Å². The molecule has 18 heavy (non-hydrogen) atoms. The zero-order chi connectivity index (χ0) is 12.9. The first-order chi connectivity index (χ1) is 8.59. The Kier molecular flexibility index (Phi) is 2.61. The molecular formula is C16H22N2. The van der Waals surface area contributed by atoms with Crippen molar-refractivity contribution in [2.24, 2.45) is 5.92 Å². The van der Waals surface area contributed by atoms with Crippen LogP contribution in [0.2, 0.25) is 0 Å². The molecule has 1 aromatic rings. The van der Waals surface area contributed by atoms with Crippen LogP contribution in [0.1, 0.15) is 26.7 Å². The average Bonchev–Trinajstić information content (AvgIpc) is 2.59. The molecule has 96 valence electrons. The number of rotatable bonds is 1. The second-order valence-corrected chi connectivity index (χ2v) is 5.83. The number of fused-ring (bicyclic) bond motifs is 2. The van der Waals surface area contributed by atoms with Crippen LogP contribution < -0.4 is 20.2 Å². The van der Waals surface area contributed by atoms with E-state index in [1.165, 1.54) is 34.7 Å². The van der Waals surface area contributed by atoms with Gasteiger partial charge in [0.1, 0.15) is 6.17 Å². The highest BCUT2D eigenvalue weighted by Crippen LogP contribution is 2.38. The van der Waals surface area contributed by atoms with Crippen LogP contribution in [0.5, 0.6) is 0 Å². The van der Waals surface area contributed by atoms with E-state index in [-0.39, 0.29) is 0 Å². The molecule has 0 bridgehead atoms. The summed E-state index contributed by atoms with van der Waals surface area (Å²) in [4.78, 5) is 4.84. The van der Waals surface area contributed by atoms with Gasteiger partial charge in [0.2, 0.25) is 0 Å². The molecule has 1 heterocycles. The minimum Gasteiger partial charge on any atom is -0.352 e. The van der Waals surface area contributed by atoms with Crippen LogP contribution in [-0.2, 0) is 0 Å². The Hall–Kier alpha value is -1.44. The van der Waals surface area contributed by atoms with Crippen LogP contribution >= 0.6 is 0 Å². The maximum atomic E-state index is 2.42. The van der Waals surface area contributed by atoms with Crippen molar-refractivity contribution in [1.82, 2.24) is 0 Å².